The molecule has 9 rings (SSSR count). The van der Waals surface area contributed by atoms with Crippen LogP contribution in [0, 0.1) is 5.92 Å². The average Bonchev–Trinajstić information content (AvgIpc) is 3.86. The molecule has 4 aliphatic rings. The van der Waals surface area contributed by atoms with E-state index in [2.05, 4.69) is 126 Å². The SMILES string of the molecule is C1=CC(C2CCCC2)=CCC=C1c1nc(-c2ccc(C3CCCC3)cc2)nc(-c2ccc(N3c4ccccc4Sc4ccccc43)cc2)n1. The highest BCUT2D eigenvalue weighted by atomic mass is 32.2. The number of anilines is 3. The first-order valence-electron chi connectivity index (χ1n) is 18.0. The fourth-order valence-corrected chi connectivity index (χ4v) is 9.10. The number of nitrogens with zero attached hydrogens (tertiary/aromatic N) is 4. The molecule has 1 aromatic heterocycles. The third-order valence-electron chi connectivity index (χ3n) is 10.7. The van der Waals surface area contributed by atoms with Crippen LogP contribution in [0.25, 0.3) is 28.3 Å². The molecule has 0 atom stereocenters. The van der Waals surface area contributed by atoms with Crippen LogP contribution in [0.1, 0.15) is 75.1 Å². The van der Waals surface area contributed by atoms with Crippen LogP contribution in [0.2, 0.25) is 0 Å². The second kappa shape index (κ2) is 13.3. The summed E-state index contributed by atoms with van der Waals surface area (Å²) in [7, 11) is 0. The molecule has 4 aromatic carbocycles. The monoisotopic (exact) mass is 656 g/mol. The van der Waals surface area contributed by atoms with Gasteiger partial charge in [-0.25, -0.2) is 15.0 Å². The van der Waals surface area contributed by atoms with Crippen LogP contribution in [-0.4, -0.2) is 15.0 Å². The Morgan fingerprint density at radius 1 is 0.531 bits per heavy atom. The van der Waals surface area contributed by atoms with E-state index in [9.17, 15) is 0 Å². The Bertz CT molecular complexity index is 2040. The fraction of sp³-hybridized carbons (Fsp3) is 0.250. The number of aromatic nitrogens is 3. The van der Waals surface area contributed by atoms with E-state index < -0.39 is 0 Å². The summed E-state index contributed by atoms with van der Waals surface area (Å²) in [4.78, 5) is 20.2. The summed E-state index contributed by atoms with van der Waals surface area (Å²) in [6, 6.07) is 35.0. The average molecular weight is 657 g/mol. The number of benzene rings is 4. The maximum atomic E-state index is 5.13. The molecule has 49 heavy (non-hydrogen) atoms. The Morgan fingerprint density at radius 3 is 1.71 bits per heavy atom. The molecule has 0 unspecified atom stereocenters. The molecule has 242 valence electrons. The Balaban J connectivity index is 1.09. The fourth-order valence-electron chi connectivity index (χ4n) is 8.04. The minimum atomic E-state index is 0.678. The van der Waals surface area contributed by atoms with E-state index in [0.29, 0.717) is 17.7 Å². The number of hydrogen-bond acceptors (Lipinski definition) is 5. The molecule has 0 saturated heterocycles. The van der Waals surface area contributed by atoms with Crippen LogP contribution in [0.3, 0.4) is 0 Å². The number of hydrogen-bond donors (Lipinski definition) is 0. The van der Waals surface area contributed by atoms with E-state index in [1.54, 1.807) is 0 Å². The summed E-state index contributed by atoms with van der Waals surface area (Å²) >= 11 is 1.83. The van der Waals surface area contributed by atoms with E-state index in [0.717, 1.165) is 40.5 Å². The van der Waals surface area contributed by atoms with Crippen LogP contribution < -0.4 is 4.90 Å². The van der Waals surface area contributed by atoms with E-state index in [1.807, 2.05) is 11.8 Å². The molecule has 2 fully saturated rings. The molecule has 3 aliphatic carbocycles. The highest BCUT2D eigenvalue weighted by Gasteiger charge is 2.25. The van der Waals surface area contributed by atoms with Crippen molar-refractivity contribution in [3.05, 3.63) is 138 Å². The Kier molecular flexibility index (Phi) is 8.22. The van der Waals surface area contributed by atoms with Gasteiger partial charge in [-0.3, -0.25) is 0 Å². The Hall–Kier alpha value is -4.74. The Labute approximate surface area is 293 Å². The van der Waals surface area contributed by atoms with Gasteiger partial charge in [0.1, 0.15) is 0 Å². The second-order valence-corrected chi connectivity index (χ2v) is 14.8. The molecule has 0 bridgehead atoms. The topological polar surface area (TPSA) is 41.9 Å². The van der Waals surface area contributed by atoms with Gasteiger partial charge in [0.25, 0.3) is 0 Å². The third-order valence-corrected chi connectivity index (χ3v) is 11.8. The molecule has 2 heterocycles. The summed E-state index contributed by atoms with van der Waals surface area (Å²) in [5.74, 6) is 3.52. The lowest BCUT2D eigenvalue weighted by Gasteiger charge is -2.32. The van der Waals surface area contributed by atoms with Gasteiger partial charge in [0, 0.05) is 32.2 Å². The first kappa shape index (κ1) is 30.3. The van der Waals surface area contributed by atoms with Crippen molar-refractivity contribution in [3.63, 3.8) is 0 Å². The molecule has 2 saturated carbocycles. The summed E-state index contributed by atoms with van der Waals surface area (Å²) in [5.41, 5.74) is 9.48. The molecule has 4 nitrogen and oxygen atoms in total. The minimum Gasteiger partial charge on any atom is -0.308 e. The van der Waals surface area contributed by atoms with Gasteiger partial charge < -0.3 is 4.90 Å². The molecular formula is C44H40N4S. The molecule has 1 aliphatic heterocycles. The first-order chi connectivity index (χ1) is 24.3. The van der Waals surface area contributed by atoms with Crippen molar-refractivity contribution < 1.29 is 0 Å². The van der Waals surface area contributed by atoms with E-state index in [1.165, 1.54) is 83.7 Å². The van der Waals surface area contributed by atoms with Gasteiger partial charge in [-0.1, -0.05) is 110 Å². The summed E-state index contributed by atoms with van der Waals surface area (Å²) < 4.78 is 0. The maximum Gasteiger partial charge on any atom is 0.164 e. The summed E-state index contributed by atoms with van der Waals surface area (Å²) in [6.45, 7) is 0. The highest BCUT2D eigenvalue weighted by molar-refractivity contribution is 7.99. The van der Waals surface area contributed by atoms with Gasteiger partial charge >= 0.3 is 0 Å². The van der Waals surface area contributed by atoms with Crippen molar-refractivity contribution in [3.8, 4) is 22.8 Å². The lowest BCUT2D eigenvalue weighted by molar-refractivity contribution is 0.655. The number of fused-ring (bicyclic) bond motifs is 2. The number of rotatable bonds is 6. The standard InChI is InChI=1S/C44H40N4S/c1-2-11-30(10-1)32-14-9-15-34(23-20-32)42-45-43(35-24-21-33(22-25-35)31-12-3-4-13-31)47-44(46-42)36-26-28-37(29-27-36)48-38-16-5-7-18-40(38)49-41-19-8-6-17-39(41)48/h5-8,14-31H,1-4,9-13H2. The quantitative estimate of drug-likeness (QED) is 0.178. The van der Waals surface area contributed by atoms with Gasteiger partial charge in [0.15, 0.2) is 17.5 Å². The lowest BCUT2D eigenvalue weighted by atomic mass is 9.96. The van der Waals surface area contributed by atoms with Crippen molar-refractivity contribution in [1.29, 1.82) is 0 Å². The minimum absolute atomic E-state index is 0.678. The largest absolute Gasteiger partial charge is 0.308 e. The van der Waals surface area contributed by atoms with Crippen LogP contribution >= 0.6 is 11.8 Å². The summed E-state index contributed by atoms with van der Waals surface area (Å²) in [5, 5.41) is 0. The van der Waals surface area contributed by atoms with Gasteiger partial charge in [-0.15, -0.1) is 0 Å². The van der Waals surface area contributed by atoms with Crippen LogP contribution in [0.5, 0.6) is 0 Å². The molecule has 0 spiro atoms. The first-order valence-corrected chi connectivity index (χ1v) is 18.8. The van der Waals surface area contributed by atoms with Gasteiger partial charge in [-0.2, -0.15) is 0 Å². The van der Waals surface area contributed by atoms with Crippen molar-refractivity contribution in [2.45, 2.75) is 73.5 Å². The molecule has 0 amide bonds. The van der Waals surface area contributed by atoms with Crippen LogP contribution in [0.4, 0.5) is 17.1 Å². The predicted molar refractivity (Wildman–Crippen MR) is 202 cm³/mol. The number of allylic oxidation sites excluding steroid dienone is 6. The van der Waals surface area contributed by atoms with Crippen molar-refractivity contribution in [1.82, 2.24) is 15.0 Å². The Morgan fingerprint density at radius 2 is 1.08 bits per heavy atom. The maximum absolute atomic E-state index is 5.13. The summed E-state index contributed by atoms with van der Waals surface area (Å²) in [6.07, 6.45) is 20.6. The van der Waals surface area contributed by atoms with E-state index in [4.69, 9.17) is 15.0 Å². The predicted octanol–water partition coefficient (Wildman–Crippen LogP) is 12.3. The number of para-hydroxylation sites is 2. The van der Waals surface area contributed by atoms with Crippen LogP contribution in [-0.2, 0) is 0 Å². The smallest absolute Gasteiger partial charge is 0.164 e. The van der Waals surface area contributed by atoms with Crippen molar-refractivity contribution >= 4 is 34.4 Å². The molecule has 0 radical (unpaired) electrons. The van der Waals surface area contributed by atoms with E-state index >= 15 is 0 Å². The molecule has 5 heteroatoms. The molecule has 5 aromatic rings. The van der Waals surface area contributed by atoms with Crippen molar-refractivity contribution in [2.24, 2.45) is 5.92 Å². The second-order valence-electron chi connectivity index (χ2n) is 13.7. The zero-order valence-corrected chi connectivity index (χ0v) is 28.6. The third kappa shape index (κ3) is 6.06. The highest BCUT2D eigenvalue weighted by Crippen LogP contribution is 2.51. The molecular weight excluding hydrogens is 617 g/mol. The zero-order chi connectivity index (χ0) is 32.6. The van der Waals surface area contributed by atoms with Gasteiger partial charge in [0.05, 0.1) is 11.4 Å². The van der Waals surface area contributed by atoms with Crippen molar-refractivity contribution in [2.75, 3.05) is 4.90 Å². The zero-order valence-electron chi connectivity index (χ0n) is 27.8. The normalized spacial score (nSPS) is 17.8. The lowest BCUT2D eigenvalue weighted by Crippen LogP contribution is -2.14. The molecule has 0 N–H and O–H groups in total. The van der Waals surface area contributed by atoms with Gasteiger partial charge in [0.2, 0.25) is 0 Å². The van der Waals surface area contributed by atoms with Gasteiger partial charge in [-0.05, 0) is 104 Å². The van der Waals surface area contributed by atoms with E-state index in [-0.39, 0.29) is 0 Å². The van der Waals surface area contributed by atoms with Crippen LogP contribution in [0.15, 0.2) is 137 Å².